The molecule has 4 aromatic rings. The third kappa shape index (κ3) is 4.26. The molecule has 11 heteroatoms. The maximum atomic E-state index is 13.6. The summed E-state index contributed by atoms with van der Waals surface area (Å²) < 4.78 is 0. The molecule has 2 heterocycles. The first-order chi connectivity index (χ1) is 18.4. The Morgan fingerprint density at radius 2 is 1.61 bits per heavy atom. The second kappa shape index (κ2) is 9.97. The van der Waals surface area contributed by atoms with Crippen molar-refractivity contribution in [2.75, 3.05) is 23.4 Å². The summed E-state index contributed by atoms with van der Waals surface area (Å²) in [4.78, 5) is 51.8. The highest BCUT2D eigenvalue weighted by Gasteiger charge is 2.34. The number of azo groups is 1. The maximum Gasteiger partial charge on any atom is 0.224 e. The molecule has 5 rings (SSSR count). The van der Waals surface area contributed by atoms with Gasteiger partial charge in [-0.25, -0.2) is 9.97 Å². The number of ketones is 2. The van der Waals surface area contributed by atoms with E-state index in [0.717, 1.165) is 5.56 Å². The molecule has 0 unspecified atom stereocenters. The van der Waals surface area contributed by atoms with Crippen molar-refractivity contribution >= 4 is 46.2 Å². The predicted octanol–water partition coefficient (Wildman–Crippen LogP) is 4.70. The number of amides is 1. The van der Waals surface area contributed by atoms with Crippen LogP contribution in [0.15, 0.2) is 71.2 Å². The smallest absolute Gasteiger partial charge is 0.224 e. The van der Waals surface area contributed by atoms with E-state index in [1.807, 2.05) is 0 Å². The number of carbonyl (C=O) groups is 3. The van der Waals surface area contributed by atoms with Crippen LogP contribution in [-0.2, 0) is 4.79 Å². The standard InChI is InChI=1S/C27H22N8O3/c1-3-19(36)31-17-8-4-6-15-20(17)23(37)16-7-5-9-18(21(16)24(15)38)34-35-22-25(28)32-26(33-27(22)29-2)14-10-12-30-13-11-14/h4-13H,3H2,1-2H3,(H,31,36)(H3,28,29,32,33). The van der Waals surface area contributed by atoms with Crippen LogP contribution in [0.5, 0.6) is 0 Å². The molecule has 0 fully saturated rings. The van der Waals surface area contributed by atoms with Gasteiger partial charge in [0.25, 0.3) is 0 Å². The molecule has 1 aliphatic rings. The monoisotopic (exact) mass is 506 g/mol. The van der Waals surface area contributed by atoms with Gasteiger partial charge in [0.2, 0.25) is 5.91 Å². The number of nitrogens with zero attached hydrogens (tertiary/aromatic N) is 5. The van der Waals surface area contributed by atoms with E-state index < -0.39 is 5.78 Å². The average Bonchev–Trinajstić information content (AvgIpc) is 2.95. The number of aromatic nitrogens is 3. The van der Waals surface area contributed by atoms with Crippen molar-refractivity contribution < 1.29 is 14.4 Å². The minimum Gasteiger partial charge on any atom is -0.382 e. The summed E-state index contributed by atoms with van der Waals surface area (Å²) in [6, 6.07) is 13.0. The van der Waals surface area contributed by atoms with Crippen LogP contribution in [0.3, 0.4) is 0 Å². The van der Waals surface area contributed by atoms with Crippen molar-refractivity contribution in [3.05, 3.63) is 83.2 Å². The van der Waals surface area contributed by atoms with Gasteiger partial charge in [0.15, 0.2) is 34.7 Å². The fraction of sp³-hybridized carbons (Fsp3) is 0.111. The first kappa shape index (κ1) is 24.4. The molecule has 38 heavy (non-hydrogen) atoms. The van der Waals surface area contributed by atoms with E-state index in [1.54, 1.807) is 74.9 Å². The minimum absolute atomic E-state index is 0.0776. The molecule has 2 aromatic heterocycles. The van der Waals surface area contributed by atoms with Crippen LogP contribution < -0.4 is 16.4 Å². The predicted molar refractivity (Wildman–Crippen MR) is 142 cm³/mol. The molecule has 1 aliphatic carbocycles. The molecule has 0 saturated heterocycles. The molecular weight excluding hydrogens is 484 g/mol. The van der Waals surface area contributed by atoms with Gasteiger partial charge in [0.1, 0.15) is 0 Å². The van der Waals surface area contributed by atoms with E-state index in [9.17, 15) is 14.4 Å². The second-order valence-corrected chi connectivity index (χ2v) is 8.30. The molecule has 4 N–H and O–H groups in total. The Bertz CT molecular complexity index is 1630. The van der Waals surface area contributed by atoms with Crippen molar-refractivity contribution in [1.29, 1.82) is 0 Å². The summed E-state index contributed by atoms with van der Waals surface area (Å²) >= 11 is 0. The molecule has 0 radical (unpaired) electrons. The number of hydrogen-bond donors (Lipinski definition) is 3. The number of benzene rings is 2. The van der Waals surface area contributed by atoms with E-state index in [4.69, 9.17) is 5.73 Å². The van der Waals surface area contributed by atoms with Gasteiger partial charge in [-0.2, -0.15) is 0 Å². The third-order valence-corrected chi connectivity index (χ3v) is 5.99. The summed E-state index contributed by atoms with van der Waals surface area (Å²) in [6.45, 7) is 1.70. The van der Waals surface area contributed by atoms with Crippen molar-refractivity contribution in [3.63, 3.8) is 0 Å². The number of nitrogens with one attached hydrogen (secondary N) is 2. The first-order valence-electron chi connectivity index (χ1n) is 11.8. The lowest BCUT2D eigenvalue weighted by atomic mass is 9.82. The van der Waals surface area contributed by atoms with Gasteiger partial charge in [-0.05, 0) is 24.3 Å². The Balaban J connectivity index is 1.56. The maximum absolute atomic E-state index is 13.6. The molecule has 0 aliphatic heterocycles. The Morgan fingerprint density at radius 3 is 2.32 bits per heavy atom. The third-order valence-electron chi connectivity index (χ3n) is 5.99. The molecule has 11 nitrogen and oxygen atoms in total. The van der Waals surface area contributed by atoms with Gasteiger partial charge in [-0.3, -0.25) is 19.4 Å². The van der Waals surface area contributed by atoms with Gasteiger partial charge >= 0.3 is 0 Å². The Morgan fingerprint density at radius 1 is 0.921 bits per heavy atom. The van der Waals surface area contributed by atoms with Crippen molar-refractivity contribution in [3.8, 4) is 11.4 Å². The number of anilines is 3. The largest absolute Gasteiger partial charge is 0.382 e. The minimum atomic E-state index is -0.400. The lowest BCUT2D eigenvalue weighted by molar-refractivity contribution is -0.115. The summed E-state index contributed by atoms with van der Waals surface area (Å²) in [5.41, 5.74) is 8.21. The molecule has 1 amide bonds. The summed E-state index contributed by atoms with van der Waals surface area (Å²) in [7, 11) is 1.66. The Hall–Kier alpha value is -5.32. The number of carbonyl (C=O) groups excluding carboxylic acids is 3. The van der Waals surface area contributed by atoms with Gasteiger partial charge in [-0.1, -0.05) is 31.2 Å². The van der Waals surface area contributed by atoms with Gasteiger partial charge in [0, 0.05) is 42.6 Å². The number of nitrogens with two attached hydrogens (primary N) is 1. The average molecular weight is 507 g/mol. The van der Waals surface area contributed by atoms with Gasteiger partial charge in [0.05, 0.1) is 22.5 Å². The second-order valence-electron chi connectivity index (χ2n) is 8.30. The molecule has 0 saturated carbocycles. The van der Waals surface area contributed by atoms with E-state index in [1.165, 1.54) is 0 Å². The number of hydrogen-bond acceptors (Lipinski definition) is 10. The number of nitrogen functional groups attached to an aromatic ring is 1. The van der Waals surface area contributed by atoms with Gasteiger partial charge < -0.3 is 16.4 Å². The van der Waals surface area contributed by atoms with Crippen LogP contribution >= 0.6 is 0 Å². The highest BCUT2D eigenvalue weighted by Crippen LogP contribution is 2.38. The Labute approximate surface area is 217 Å². The quantitative estimate of drug-likeness (QED) is 0.279. The van der Waals surface area contributed by atoms with Crippen LogP contribution in [0.2, 0.25) is 0 Å². The van der Waals surface area contributed by atoms with Crippen molar-refractivity contribution in [2.24, 2.45) is 10.2 Å². The molecular formula is C27H22N8O3. The molecule has 0 atom stereocenters. The zero-order valence-electron chi connectivity index (χ0n) is 20.5. The van der Waals surface area contributed by atoms with Crippen LogP contribution in [0.4, 0.5) is 28.7 Å². The summed E-state index contributed by atoms with van der Waals surface area (Å²) in [5, 5.41) is 14.2. The van der Waals surface area contributed by atoms with Crippen molar-refractivity contribution in [2.45, 2.75) is 13.3 Å². The highest BCUT2D eigenvalue weighted by molar-refractivity contribution is 6.32. The molecule has 0 bridgehead atoms. The lowest BCUT2D eigenvalue weighted by Crippen LogP contribution is -2.23. The molecule has 2 aromatic carbocycles. The van der Waals surface area contributed by atoms with Crippen molar-refractivity contribution in [1.82, 2.24) is 15.0 Å². The number of rotatable bonds is 6. The Kier molecular flexibility index (Phi) is 6.40. The SMILES string of the molecule is CCC(=O)Nc1cccc2c1C(=O)c1cccc(N=Nc3c(N)nc(-c4ccncc4)nc3NC)c1C2=O. The number of fused-ring (bicyclic) bond motifs is 2. The highest BCUT2D eigenvalue weighted by atomic mass is 16.2. The summed E-state index contributed by atoms with van der Waals surface area (Å²) in [5.74, 6) is -0.256. The van der Waals surface area contributed by atoms with E-state index in [0.29, 0.717) is 17.3 Å². The van der Waals surface area contributed by atoms with E-state index in [2.05, 4.69) is 35.8 Å². The van der Waals surface area contributed by atoms with Crippen LogP contribution in [-0.4, -0.2) is 39.5 Å². The first-order valence-corrected chi connectivity index (χ1v) is 11.8. The van der Waals surface area contributed by atoms with Crippen LogP contribution in [0.1, 0.15) is 45.2 Å². The topological polar surface area (TPSA) is 165 Å². The van der Waals surface area contributed by atoms with Gasteiger partial charge in [-0.15, -0.1) is 10.2 Å². The van der Waals surface area contributed by atoms with Crippen LogP contribution in [0.25, 0.3) is 11.4 Å². The van der Waals surface area contributed by atoms with Crippen LogP contribution in [0, 0.1) is 0 Å². The molecule has 188 valence electrons. The summed E-state index contributed by atoms with van der Waals surface area (Å²) in [6.07, 6.45) is 3.48. The normalized spacial score (nSPS) is 12.3. The van der Waals surface area contributed by atoms with E-state index in [-0.39, 0.29) is 57.6 Å². The fourth-order valence-corrected chi connectivity index (χ4v) is 4.13. The molecule has 0 spiro atoms. The zero-order valence-corrected chi connectivity index (χ0v) is 20.5. The number of pyridine rings is 1. The lowest BCUT2D eigenvalue weighted by Gasteiger charge is -2.21. The fourth-order valence-electron chi connectivity index (χ4n) is 4.13. The zero-order chi connectivity index (χ0) is 26.8. The van der Waals surface area contributed by atoms with E-state index >= 15 is 0 Å².